The van der Waals surface area contributed by atoms with E-state index in [4.69, 9.17) is 31.3 Å². The smallest absolute Gasteiger partial charge is 0.319 e. The molecule has 2 bridgehead atoms. The number of ether oxygens (including phenoxy) is 1. The summed E-state index contributed by atoms with van der Waals surface area (Å²) in [5.74, 6) is 1.93. The van der Waals surface area contributed by atoms with Crippen LogP contribution < -0.4 is 9.64 Å². The number of nitrogens with zero attached hydrogens (tertiary/aromatic N) is 7. The topological polar surface area (TPSA) is 72.2 Å². The van der Waals surface area contributed by atoms with E-state index in [1.54, 1.807) is 6.20 Å². The fraction of sp³-hybridized carbons (Fsp3) is 0.444. The predicted octanol–water partition coefficient (Wildman–Crippen LogP) is 8.27. The first-order valence-electron chi connectivity index (χ1n) is 16.6. The largest absolute Gasteiger partial charge is 0.461 e. The molecule has 1 saturated carbocycles. The van der Waals surface area contributed by atoms with Gasteiger partial charge in [0.05, 0.1) is 17.1 Å². The van der Waals surface area contributed by atoms with Crippen molar-refractivity contribution < 1.29 is 9.13 Å². The van der Waals surface area contributed by atoms with Crippen molar-refractivity contribution in [2.24, 2.45) is 18.9 Å². The minimum absolute atomic E-state index is 0. The number of halogens is 5. The van der Waals surface area contributed by atoms with Crippen LogP contribution in [0, 0.1) is 17.7 Å². The van der Waals surface area contributed by atoms with Crippen LogP contribution in [0.25, 0.3) is 32.9 Å². The van der Waals surface area contributed by atoms with Gasteiger partial charge >= 0.3 is 6.01 Å². The number of fused-ring (bicyclic) bond motifs is 5. The van der Waals surface area contributed by atoms with Crippen LogP contribution in [-0.4, -0.2) is 68.0 Å². The van der Waals surface area contributed by atoms with Gasteiger partial charge in [0, 0.05) is 61.0 Å². The average Bonchev–Trinajstić information content (AvgIpc) is 3.83. The maximum Gasteiger partial charge on any atom is 0.319 e. The van der Waals surface area contributed by atoms with E-state index in [1.165, 1.54) is 24.8 Å². The molecule has 4 aliphatic rings. The Kier molecular flexibility index (Phi) is 10.2. The third kappa shape index (κ3) is 6.20. The van der Waals surface area contributed by atoms with Crippen LogP contribution in [0.5, 0.6) is 6.01 Å². The molecule has 4 atom stereocenters. The molecule has 2 unspecified atom stereocenters. The number of rotatable bonds is 6. The Morgan fingerprint density at radius 1 is 1.00 bits per heavy atom. The number of aryl methyl sites for hydroxylation is 1. The minimum Gasteiger partial charge on any atom is -0.461 e. The summed E-state index contributed by atoms with van der Waals surface area (Å²) in [6, 6.07) is 11.7. The van der Waals surface area contributed by atoms with Gasteiger partial charge in [0.15, 0.2) is 5.82 Å². The molecule has 3 aromatic heterocycles. The van der Waals surface area contributed by atoms with Gasteiger partial charge < -0.3 is 9.64 Å². The highest BCUT2D eigenvalue weighted by Crippen LogP contribution is 2.46. The van der Waals surface area contributed by atoms with Crippen molar-refractivity contribution in [2.75, 3.05) is 37.7 Å². The summed E-state index contributed by atoms with van der Waals surface area (Å²) in [7, 11) is 1.97. The quantitative estimate of drug-likeness (QED) is 0.173. The lowest BCUT2D eigenvalue weighted by molar-refractivity contribution is 0.107. The van der Waals surface area contributed by atoms with E-state index < -0.39 is 5.82 Å². The zero-order valence-electron chi connectivity index (χ0n) is 27.2. The molecule has 6 heterocycles. The van der Waals surface area contributed by atoms with Gasteiger partial charge in [-0.25, -0.2) is 4.39 Å². The molecule has 3 saturated heterocycles. The van der Waals surface area contributed by atoms with Crippen molar-refractivity contribution in [1.82, 2.24) is 29.6 Å². The van der Waals surface area contributed by atoms with E-state index in [0.717, 1.165) is 62.0 Å². The van der Waals surface area contributed by atoms with Crippen LogP contribution in [0.2, 0.25) is 5.02 Å². The molecular weight excluding hydrogens is 707 g/mol. The standard InChI is InChI=1S/C36H37ClFN7O.3ClH/c1-43-19-26(15-40-43)25-14-36(11-4-12-45(36)20-25)21-46-35-41-33-28(34(42-35)44-17-22-9-10-23(13-22)18-44)16-39-32(31(33)38)27-7-2-5-24-6-3-8-29(37)30(24)27;;;/h2-3,5-8,15-16,19,22-23,25H,4,9-14,17-18,20-21H2,1H3;3*1H/t22?,23?,25-,36-;;;/m1.../s1. The zero-order chi connectivity index (χ0) is 31.0. The summed E-state index contributed by atoms with van der Waals surface area (Å²) in [4.78, 5) is 19.4. The highest BCUT2D eigenvalue weighted by Gasteiger charge is 2.49. The fourth-order valence-corrected chi connectivity index (χ4v) is 9.27. The Morgan fingerprint density at radius 2 is 1.78 bits per heavy atom. The normalized spacial score (nSPS) is 24.4. The first-order chi connectivity index (χ1) is 22.4. The van der Waals surface area contributed by atoms with Crippen molar-refractivity contribution in [3.8, 4) is 17.3 Å². The van der Waals surface area contributed by atoms with E-state index in [2.05, 4.69) is 21.1 Å². The SMILES string of the molecule is Cl.Cl.Cl.Cn1cc([C@H]2CN3CCC[C@]3(COc3nc(N4CC5CCC(C5)C4)c4cnc(-c5cccc6cccc(Cl)c56)c(F)c4n3)C2)cn1. The molecule has 0 N–H and O–H groups in total. The number of benzene rings is 2. The van der Waals surface area contributed by atoms with Gasteiger partial charge in [0.1, 0.15) is 23.6 Å². The maximum absolute atomic E-state index is 16.8. The molecule has 9 rings (SSSR count). The first-order valence-corrected chi connectivity index (χ1v) is 17.0. The van der Waals surface area contributed by atoms with Crippen molar-refractivity contribution in [3.63, 3.8) is 0 Å². The van der Waals surface area contributed by atoms with E-state index in [-0.39, 0.29) is 60.0 Å². The van der Waals surface area contributed by atoms with Crippen LogP contribution in [0.15, 0.2) is 55.0 Å². The molecule has 260 valence electrons. The minimum atomic E-state index is -0.475. The lowest BCUT2D eigenvalue weighted by Crippen LogP contribution is -2.43. The van der Waals surface area contributed by atoms with Gasteiger partial charge in [-0.15, -0.1) is 37.2 Å². The number of hydrogen-bond acceptors (Lipinski definition) is 7. The zero-order valence-corrected chi connectivity index (χ0v) is 30.4. The second-order valence-electron chi connectivity index (χ2n) is 14.0. The second kappa shape index (κ2) is 14.0. The summed E-state index contributed by atoms with van der Waals surface area (Å²) in [6.07, 6.45) is 12.8. The van der Waals surface area contributed by atoms with Gasteiger partial charge in [-0.3, -0.25) is 14.6 Å². The van der Waals surface area contributed by atoms with Crippen molar-refractivity contribution >= 4 is 76.3 Å². The highest BCUT2D eigenvalue weighted by molar-refractivity contribution is 6.36. The Balaban J connectivity index is 0.00000139. The Hall–Kier alpha value is -2.95. The molecule has 4 fully saturated rings. The summed E-state index contributed by atoms with van der Waals surface area (Å²) < 4.78 is 25.3. The van der Waals surface area contributed by atoms with Crippen LogP contribution in [0.1, 0.15) is 50.0 Å². The third-order valence-electron chi connectivity index (χ3n) is 11.1. The number of piperidine rings is 1. The average molecular weight is 748 g/mol. The summed E-state index contributed by atoms with van der Waals surface area (Å²) in [6.45, 7) is 4.34. The monoisotopic (exact) mass is 745 g/mol. The Morgan fingerprint density at radius 3 is 2.53 bits per heavy atom. The molecule has 0 amide bonds. The molecular formula is C36H40Cl4FN7O. The molecule has 13 heteroatoms. The summed E-state index contributed by atoms with van der Waals surface area (Å²) in [5, 5.41) is 7.32. The van der Waals surface area contributed by atoms with Gasteiger partial charge in [-0.1, -0.05) is 41.9 Å². The van der Waals surface area contributed by atoms with Gasteiger partial charge in [0.25, 0.3) is 0 Å². The summed E-state index contributed by atoms with van der Waals surface area (Å²) in [5.41, 5.74) is 2.30. The molecule has 5 aromatic rings. The van der Waals surface area contributed by atoms with Crippen molar-refractivity contribution in [2.45, 2.75) is 50.0 Å². The molecule has 8 nitrogen and oxygen atoms in total. The molecule has 0 radical (unpaired) electrons. The van der Waals surface area contributed by atoms with Crippen LogP contribution >= 0.6 is 48.8 Å². The summed E-state index contributed by atoms with van der Waals surface area (Å²) >= 11 is 6.65. The van der Waals surface area contributed by atoms with Gasteiger partial charge in [0.2, 0.25) is 0 Å². The molecule has 49 heavy (non-hydrogen) atoms. The van der Waals surface area contributed by atoms with Gasteiger partial charge in [-0.05, 0) is 73.9 Å². The van der Waals surface area contributed by atoms with E-state index in [0.29, 0.717) is 40.3 Å². The third-order valence-corrected chi connectivity index (χ3v) is 11.4. The fourth-order valence-electron chi connectivity index (χ4n) is 8.98. The molecule has 0 spiro atoms. The lowest BCUT2D eigenvalue weighted by atomic mass is 9.88. The van der Waals surface area contributed by atoms with Crippen molar-refractivity contribution in [1.29, 1.82) is 0 Å². The number of pyridine rings is 1. The van der Waals surface area contributed by atoms with Gasteiger partial charge in [-0.2, -0.15) is 15.1 Å². The molecule has 2 aromatic carbocycles. The number of anilines is 1. The predicted molar refractivity (Wildman–Crippen MR) is 200 cm³/mol. The number of hydrogen-bond donors (Lipinski definition) is 0. The highest BCUT2D eigenvalue weighted by atomic mass is 35.5. The first kappa shape index (κ1) is 35.9. The maximum atomic E-state index is 16.8. The van der Waals surface area contributed by atoms with Crippen molar-refractivity contribution in [3.05, 3.63) is 71.4 Å². The van der Waals surface area contributed by atoms with Crippen LogP contribution in [0.4, 0.5) is 10.2 Å². The van der Waals surface area contributed by atoms with E-state index in [9.17, 15) is 0 Å². The second-order valence-corrected chi connectivity index (χ2v) is 14.4. The lowest BCUT2D eigenvalue weighted by Gasteiger charge is -2.34. The number of aromatic nitrogens is 5. The Bertz CT molecular complexity index is 1980. The van der Waals surface area contributed by atoms with Crippen LogP contribution in [0.3, 0.4) is 0 Å². The Labute approximate surface area is 309 Å². The van der Waals surface area contributed by atoms with E-state index >= 15 is 4.39 Å². The van der Waals surface area contributed by atoms with Crippen LogP contribution in [-0.2, 0) is 7.05 Å². The van der Waals surface area contributed by atoms with E-state index in [1.807, 2.05) is 54.3 Å². The molecule has 3 aliphatic heterocycles. The molecule has 1 aliphatic carbocycles.